The fourth-order valence-corrected chi connectivity index (χ4v) is 3.55. The molecule has 1 aromatic heterocycles. The lowest BCUT2D eigenvalue weighted by Gasteiger charge is -2.30. The summed E-state index contributed by atoms with van der Waals surface area (Å²) in [5, 5.41) is 0. The van der Waals surface area contributed by atoms with Crippen LogP contribution in [0.4, 0.5) is 4.39 Å². The number of primary amides is 1. The zero-order valence-corrected chi connectivity index (χ0v) is 12.8. The largest absolute Gasteiger partial charge is 0.367 e. The summed E-state index contributed by atoms with van der Waals surface area (Å²) in [5.74, 6) is -0.652. The number of benzene rings is 1. The molecule has 1 atom stereocenters. The van der Waals surface area contributed by atoms with E-state index in [9.17, 15) is 9.18 Å². The monoisotopic (exact) mass is 320 g/mol. The lowest BCUT2D eigenvalue weighted by atomic mass is 10.2. The Labute approximate surface area is 132 Å². The molecule has 2 aromatic rings. The predicted molar refractivity (Wildman–Crippen MR) is 83.9 cm³/mol. The minimum absolute atomic E-state index is 0.232. The standard InChI is InChI=1S/C16H17FN2O2S/c17-12-3-1-2-11(8-12)15-5-4-13(22-15)9-19-6-7-21-14(10-19)16(18)20/h1-5,8,14H,6-7,9-10H2,(H2,18,20)/t14-/m1/s1. The number of nitrogens with two attached hydrogens (primary N) is 1. The third-order valence-corrected chi connectivity index (χ3v) is 4.74. The maximum absolute atomic E-state index is 13.3. The van der Waals surface area contributed by atoms with Crippen molar-refractivity contribution in [1.29, 1.82) is 0 Å². The van der Waals surface area contributed by atoms with Crippen LogP contribution in [0, 0.1) is 5.82 Å². The van der Waals surface area contributed by atoms with Crippen LogP contribution in [-0.4, -0.2) is 36.6 Å². The Morgan fingerprint density at radius 2 is 2.27 bits per heavy atom. The Balaban J connectivity index is 1.68. The number of carbonyl (C=O) groups is 1. The highest BCUT2D eigenvalue weighted by Gasteiger charge is 2.24. The maximum Gasteiger partial charge on any atom is 0.247 e. The van der Waals surface area contributed by atoms with Gasteiger partial charge in [-0.1, -0.05) is 12.1 Å². The molecular formula is C16H17FN2O2S. The molecule has 0 unspecified atom stereocenters. The first kappa shape index (κ1) is 15.1. The summed E-state index contributed by atoms with van der Waals surface area (Å²) >= 11 is 1.63. The second kappa shape index (κ2) is 6.56. The third-order valence-electron chi connectivity index (χ3n) is 3.62. The summed E-state index contributed by atoms with van der Waals surface area (Å²) in [6.07, 6.45) is -0.531. The number of amides is 1. The van der Waals surface area contributed by atoms with Gasteiger partial charge in [-0.2, -0.15) is 0 Å². The average Bonchev–Trinajstić information content (AvgIpc) is 2.96. The van der Waals surface area contributed by atoms with Gasteiger partial charge in [0.05, 0.1) is 6.61 Å². The van der Waals surface area contributed by atoms with E-state index in [2.05, 4.69) is 4.90 Å². The van der Waals surface area contributed by atoms with Gasteiger partial charge in [0.15, 0.2) is 0 Å². The lowest BCUT2D eigenvalue weighted by molar-refractivity contribution is -0.135. The van der Waals surface area contributed by atoms with Crippen LogP contribution < -0.4 is 5.73 Å². The molecule has 1 saturated heterocycles. The zero-order valence-electron chi connectivity index (χ0n) is 12.0. The maximum atomic E-state index is 13.3. The van der Waals surface area contributed by atoms with Crippen LogP contribution in [0.5, 0.6) is 0 Å². The summed E-state index contributed by atoms with van der Waals surface area (Å²) in [5.41, 5.74) is 6.18. The van der Waals surface area contributed by atoms with Crippen LogP contribution in [0.2, 0.25) is 0 Å². The van der Waals surface area contributed by atoms with Crippen molar-refractivity contribution in [2.45, 2.75) is 12.6 Å². The molecule has 0 radical (unpaired) electrons. The summed E-state index contributed by atoms with van der Waals surface area (Å²) in [6.45, 7) is 2.54. The van der Waals surface area contributed by atoms with Gasteiger partial charge < -0.3 is 10.5 Å². The van der Waals surface area contributed by atoms with Crippen LogP contribution in [0.1, 0.15) is 4.88 Å². The van der Waals surface area contributed by atoms with Gasteiger partial charge in [0.2, 0.25) is 5.91 Å². The van der Waals surface area contributed by atoms with Gasteiger partial charge in [0.25, 0.3) is 0 Å². The van der Waals surface area contributed by atoms with Crippen molar-refractivity contribution in [3.63, 3.8) is 0 Å². The van der Waals surface area contributed by atoms with Crippen LogP contribution in [0.25, 0.3) is 10.4 Å². The zero-order chi connectivity index (χ0) is 15.5. The SMILES string of the molecule is NC(=O)[C@H]1CN(Cc2ccc(-c3cccc(F)c3)s2)CCO1. The molecule has 1 aliphatic heterocycles. The van der Waals surface area contributed by atoms with Gasteiger partial charge in [0, 0.05) is 29.4 Å². The number of rotatable bonds is 4. The summed E-state index contributed by atoms with van der Waals surface area (Å²) < 4.78 is 18.6. The van der Waals surface area contributed by atoms with Gasteiger partial charge in [-0.05, 0) is 29.8 Å². The molecule has 1 amide bonds. The summed E-state index contributed by atoms with van der Waals surface area (Å²) in [7, 11) is 0. The summed E-state index contributed by atoms with van der Waals surface area (Å²) in [4.78, 5) is 15.6. The van der Waals surface area contributed by atoms with E-state index in [1.165, 1.54) is 17.0 Å². The van der Waals surface area contributed by atoms with Crippen LogP contribution in [0.15, 0.2) is 36.4 Å². The number of hydrogen-bond donors (Lipinski definition) is 1. The molecule has 1 aliphatic rings. The highest BCUT2D eigenvalue weighted by molar-refractivity contribution is 7.15. The predicted octanol–water partition coefficient (Wildman–Crippen LogP) is 2.24. The van der Waals surface area contributed by atoms with Gasteiger partial charge in [0.1, 0.15) is 11.9 Å². The van der Waals surface area contributed by atoms with Crippen LogP contribution >= 0.6 is 11.3 Å². The minimum Gasteiger partial charge on any atom is -0.367 e. The molecular weight excluding hydrogens is 303 g/mol. The number of nitrogens with zero attached hydrogens (tertiary/aromatic N) is 1. The van der Waals surface area contributed by atoms with Gasteiger partial charge in [-0.25, -0.2) is 4.39 Å². The van der Waals surface area contributed by atoms with Crippen molar-refractivity contribution in [3.05, 3.63) is 47.1 Å². The van der Waals surface area contributed by atoms with Crippen LogP contribution in [0.3, 0.4) is 0 Å². The van der Waals surface area contributed by atoms with Crippen molar-refractivity contribution >= 4 is 17.2 Å². The molecule has 0 saturated carbocycles. The van der Waals surface area contributed by atoms with E-state index in [4.69, 9.17) is 10.5 Å². The van der Waals surface area contributed by atoms with E-state index < -0.39 is 12.0 Å². The molecule has 3 rings (SSSR count). The van der Waals surface area contributed by atoms with Crippen molar-refractivity contribution in [2.75, 3.05) is 19.7 Å². The average molecular weight is 320 g/mol. The topological polar surface area (TPSA) is 55.6 Å². The normalized spacial score (nSPS) is 19.2. The Kier molecular flexibility index (Phi) is 4.52. The van der Waals surface area contributed by atoms with Crippen molar-refractivity contribution in [3.8, 4) is 10.4 Å². The van der Waals surface area contributed by atoms with Gasteiger partial charge >= 0.3 is 0 Å². The summed E-state index contributed by atoms with van der Waals surface area (Å²) in [6, 6.07) is 10.6. The number of hydrogen-bond acceptors (Lipinski definition) is 4. The van der Waals surface area contributed by atoms with Crippen molar-refractivity contribution < 1.29 is 13.9 Å². The fourth-order valence-electron chi connectivity index (χ4n) is 2.50. The second-order valence-electron chi connectivity index (χ2n) is 5.27. The Hall–Kier alpha value is -1.76. The van der Waals surface area contributed by atoms with Crippen molar-refractivity contribution in [1.82, 2.24) is 4.90 Å². The highest BCUT2D eigenvalue weighted by Crippen LogP contribution is 2.29. The molecule has 6 heteroatoms. The molecule has 116 valence electrons. The molecule has 1 aromatic carbocycles. The quantitative estimate of drug-likeness (QED) is 0.940. The number of thiophene rings is 1. The molecule has 0 spiro atoms. The fraction of sp³-hybridized carbons (Fsp3) is 0.312. The number of ether oxygens (including phenoxy) is 1. The van der Waals surface area contributed by atoms with Gasteiger partial charge in [-0.3, -0.25) is 9.69 Å². The van der Waals surface area contributed by atoms with E-state index in [0.29, 0.717) is 13.2 Å². The Morgan fingerprint density at radius 1 is 1.41 bits per heavy atom. The van der Waals surface area contributed by atoms with E-state index in [1.54, 1.807) is 17.4 Å². The van der Waals surface area contributed by atoms with E-state index in [0.717, 1.165) is 23.5 Å². The highest BCUT2D eigenvalue weighted by atomic mass is 32.1. The first-order valence-corrected chi connectivity index (χ1v) is 7.91. The smallest absolute Gasteiger partial charge is 0.247 e. The molecule has 2 heterocycles. The van der Waals surface area contributed by atoms with E-state index in [1.807, 2.05) is 18.2 Å². The first-order valence-electron chi connectivity index (χ1n) is 7.10. The number of morpholine rings is 1. The molecule has 1 fully saturated rings. The molecule has 22 heavy (non-hydrogen) atoms. The van der Waals surface area contributed by atoms with Crippen molar-refractivity contribution in [2.24, 2.45) is 5.73 Å². The third kappa shape index (κ3) is 3.52. The first-order chi connectivity index (χ1) is 10.6. The van der Waals surface area contributed by atoms with Crippen LogP contribution in [-0.2, 0) is 16.1 Å². The molecule has 4 nitrogen and oxygen atoms in total. The Bertz CT molecular complexity index is 674. The minimum atomic E-state index is -0.531. The lowest BCUT2D eigenvalue weighted by Crippen LogP contribution is -2.47. The van der Waals surface area contributed by atoms with E-state index >= 15 is 0 Å². The number of halogens is 1. The van der Waals surface area contributed by atoms with Gasteiger partial charge in [-0.15, -0.1) is 11.3 Å². The molecule has 0 aliphatic carbocycles. The molecule has 2 N–H and O–H groups in total. The molecule has 0 bridgehead atoms. The second-order valence-corrected chi connectivity index (χ2v) is 6.44. The number of carbonyl (C=O) groups excluding carboxylic acids is 1. The Morgan fingerprint density at radius 3 is 3.05 bits per heavy atom. The van der Waals surface area contributed by atoms with E-state index in [-0.39, 0.29) is 5.82 Å².